The third-order valence-electron chi connectivity index (χ3n) is 2.15. The molecule has 0 radical (unpaired) electrons. The zero-order valence-corrected chi connectivity index (χ0v) is 11.2. The number of rotatable bonds is 4. The van der Waals surface area contributed by atoms with Crippen molar-refractivity contribution in [2.45, 2.75) is 10.3 Å². The molecule has 98 valence electrons. The molecular weight excluding hydrogens is 302 g/mol. The van der Waals surface area contributed by atoms with Crippen LogP contribution in [-0.2, 0) is 14.8 Å². The monoisotopic (exact) mass is 309 g/mol. The predicted octanol–water partition coefficient (Wildman–Crippen LogP) is -0.112. The van der Waals surface area contributed by atoms with Gasteiger partial charge in [-0.05, 0) is 12.1 Å². The summed E-state index contributed by atoms with van der Waals surface area (Å²) in [4.78, 5) is 22.0. The Labute approximate surface area is 112 Å². The van der Waals surface area contributed by atoms with Gasteiger partial charge in [-0.1, -0.05) is 11.6 Å². The van der Waals surface area contributed by atoms with Crippen molar-refractivity contribution in [2.75, 3.05) is 6.54 Å². The lowest BCUT2D eigenvalue weighted by Crippen LogP contribution is -2.41. The first-order valence-corrected chi connectivity index (χ1v) is 7.42. The summed E-state index contributed by atoms with van der Waals surface area (Å²) in [5.41, 5.74) is 0. The van der Waals surface area contributed by atoms with E-state index in [4.69, 9.17) is 11.6 Å². The first-order chi connectivity index (χ1) is 8.38. The maximum absolute atomic E-state index is 11.8. The highest BCUT2D eigenvalue weighted by Gasteiger charge is 2.30. The van der Waals surface area contributed by atoms with Crippen molar-refractivity contribution in [3.63, 3.8) is 0 Å². The van der Waals surface area contributed by atoms with E-state index in [0.717, 1.165) is 11.3 Å². The lowest BCUT2D eigenvalue weighted by atomic mass is 10.3. The zero-order chi connectivity index (χ0) is 13.3. The topological polar surface area (TPSA) is 104 Å². The normalized spacial score (nSPS) is 19.7. The van der Waals surface area contributed by atoms with E-state index in [1.165, 1.54) is 12.1 Å². The summed E-state index contributed by atoms with van der Waals surface area (Å²) >= 11 is 6.55. The van der Waals surface area contributed by atoms with Gasteiger partial charge in [0.05, 0.1) is 4.34 Å². The van der Waals surface area contributed by atoms with E-state index in [1.807, 2.05) is 5.32 Å². The standard InChI is InChI=1S/C8H8ClN3O4S2/c9-5-1-2-6(17-5)18(15,16)10-3-4-7(13)12-8(14)11-4/h1-2,4,10H,3H2,(H2,11,12,13,14). The minimum atomic E-state index is -3.72. The van der Waals surface area contributed by atoms with Crippen molar-refractivity contribution >= 4 is 44.9 Å². The number of hydrogen-bond donors (Lipinski definition) is 3. The second-order valence-corrected chi connectivity index (χ2v) is 7.13. The molecule has 3 amide bonds. The van der Waals surface area contributed by atoms with Crippen molar-refractivity contribution in [1.29, 1.82) is 0 Å². The SMILES string of the molecule is O=C1NC(=O)C(CNS(=O)(=O)c2ccc(Cl)s2)N1. The van der Waals surface area contributed by atoms with Crippen LogP contribution in [0.5, 0.6) is 0 Å². The number of carbonyl (C=O) groups is 2. The van der Waals surface area contributed by atoms with Gasteiger partial charge in [0.15, 0.2) is 0 Å². The molecule has 0 spiro atoms. The van der Waals surface area contributed by atoms with Crippen LogP contribution in [-0.4, -0.2) is 32.9 Å². The summed E-state index contributed by atoms with van der Waals surface area (Å²) in [5.74, 6) is -0.563. The smallest absolute Gasteiger partial charge is 0.322 e. The van der Waals surface area contributed by atoms with Gasteiger partial charge in [-0.3, -0.25) is 10.1 Å². The maximum atomic E-state index is 11.8. The van der Waals surface area contributed by atoms with E-state index in [2.05, 4.69) is 10.0 Å². The molecule has 1 aliphatic rings. The average Bonchev–Trinajstić information content (AvgIpc) is 2.83. The Hall–Kier alpha value is -1.16. The molecule has 2 rings (SSSR count). The number of halogens is 1. The van der Waals surface area contributed by atoms with Gasteiger partial charge in [-0.25, -0.2) is 17.9 Å². The van der Waals surface area contributed by atoms with Crippen LogP contribution < -0.4 is 15.4 Å². The van der Waals surface area contributed by atoms with E-state index in [-0.39, 0.29) is 10.8 Å². The number of thiophene rings is 1. The number of imide groups is 1. The Morgan fingerprint density at radius 1 is 1.39 bits per heavy atom. The van der Waals surface area contributed by atoms with Crippen molar-refractivity contribution < 1.29 is 18.0 Å². The summed E-state index contributed by atoms with van der Waals surface area (Å²) in [6.45, 7) is -0.213. The molecule has 0 saturated carbocycles. The lowest BCUT2D eigenvalue weighted by Gasteiger charge is -2.08. The fourth-order valence-corrected chi connectivity index (χ4v) is 3.88. The number of nitrogens with one attached hydrogen (secondary N) is 3. The summed E-state index contributed by atoms with van der Waals surface area (Å²) in [6.07, 6.45) is 0. The molecule has 1 atom stereocenters. The van der Waals surface area contributed by atoms with Crippen molar-refractivity contribution in [3.8, 4) is 0 Å². The molecular formula is C8H8ClN3O4S2. The molecule has 1 fully saturated rings. The number of sulfonamides is 1. The molecule has 1 saturated heterocycles. The first-order valence-electron chi connectivity index (χ1n) is 4.75. The highest BCUT2D eigenvalue weighted by molar-refractivity contribution is 7.91. The summed E-state index contributed by atoms with van der Waals surface area (Å²) in [6, 6.07) is 1.29. The highest BCUT2D eigenvalue weighted by atomic mass is 35.5. The predicted molar refractivity (Wildman–Crippen MR) is 65.0 cm³/mol. The van der Waals surface area contributed by atoms with Crippen LogP contribution in [0.2, 0.25) is 4.34 Å². The summed E-state index contributed by atoms with van der Waals surface area (Å²) in [5, 5.41) is 4.29. The third kappa shape index (κ3) is 2.80. The largest absolute Gasteiger partial charge is 0.325 e. The van der Waals surface area contributed by atoms with E-state index in [1.54, 1.807) is 0 Å². The molecule has 1 aromatic heterocycles. The van der Waals surface area contributed by atoms with Gasteiger partial charge >= 0.3 is 6.03 Å². The van der Waals surface area contributed by atoms with Gasteiger partial charge in [0.2, 0.25) is 10.0 Å². The fraction of sp³-hybridized carbons (Fsp3) is 0.250. The molecule has 1 unspecified atom stereocenters. The van der Waals surface area contributed by atoms with E-state index in [9.17, 15) is 18.0 Å². The van der Waals surface area contributed by atoms with Crippen molar-refractivity contribution in [3.05, 3.63) is 16.5 Å². The average molecular weight is 310 g/mol. The molecule has 0 aromatic carbocycles. The lowest BCUT2D eigenvalue weighted by molar-refractivity contribution is -0.120. The van der Waals surface area contributed by atoms with E-state index < -0.39 is 28.0 Å². The van der Waals surface area contributed by atoms with Crippen molar-refractivity contribution in [2.24, 2.45) is 0 Å². The van der Waals surface area contributed by atoms with Crippen LogP contribution in [0.4, 0.5) is 4.79 Å². The quantitative estimate of drug-likeness (QED) is 0.675. The van der Waals surface area contributed by atoms with Gasteiger partial charge in [-0.2, -0.15) is 0 Å². The molecule has 1 aromatic rings. The Balaban J connectivity index is 2.02. The number of urea groups is 1. The number of hydrogen-bond acceptors (Lipinski definition) is 5. The first kappa shape index (κ1) is 13.3. The second-order valence-electron chi connectivity index (χ2n) is 3.43. The molecule has 0 aliphatic carbocycles. The molecule has 3 N–H and O–H groups in total. The highest BCUT2D eigenvalue weighted by Crippen LogP contribution is 2.25. The Bertz CT molecular complexity index is 597. The molecule has 2 heterocycles. The molecule has 7 nitrogen and oxygen atoms in total. The minimum absolute atomic E-state index is 0.0530. The minimum Gasteiger partial charge on any atom is -0.325 e. The Morgan fingerprint density at radius 2 is 2.11 bits per heavy atom. The van der Waals surface area contributed by atoms with E-state index >= 15 is 0 Å². The summed E-state index contributed by atoms with van der Waals surface area (Å²) in [7, 11) is -3.72. The number of carbonyl (C=O) groups excluding carboxylic acids is 2. The van der Waals surface area contributed by atoms with Crippen LogP contribution in [0.3, 0.4) is 0 Å². The summed E-state index contributed by atoms with van der Waals surface area (Å²) < 4.78 is 26.2. The van der Waals surface area contributed by atoms with Gasteiger partial charge in [0, 0.05) is 6.54 Å². The van der Waals surface area contributed by atoms with Crippen LogP contribution in [0, 0.1) is 0 Å². The van der Waals surface area contributed by atoms with Gasteiger partial charge in [0.1, 0.15) is 10.3 Å². The van der Waals surface area contributed by atoms with Crippen LogP contribution in [0.25, 0.3) is 0 Å². The van der Waals surface area contributed by atoms with Crippen LogP contribution in [0.1, 0.15) is 0 Å². The maximum Gasteiger partial charge on any atom is 0.322 e. The van der Waals surface area contributed by atoms with E-state index in [0.29, 0.717) is 4.34 Å². The van der Waals surface area contributed by atoms with Gasteiger partial charge in [-0.15, -0.1) is 11.3 Å². The Morgan fingerprint density at radius 3 is 2.61 bits per heavy atom. The second kappa shape index (κ2) is 4.84. The molecule has 1 aliphatic heterocycles. The van der Waals surface area contributed by atoms with Crippen molar-refractivity contribution in [1.82, 2.24) is 15.4 Å². The van der Waals surface area contributed by atoms with Crippen LogP contribution in [0.15, 0.2) is 16.3 Å². The third-order valence-corrected chi connectivity index (χ3v) is 5.30. The van der Waals surface area contributed by atoms with Crippen LogP contribution >= 0.6 is 22.9 Å². The van der Waals surface area contributed by atoms with Gasteiger partial charge < -0.3 is 5.32 Å². The fourth-order valence-electron chi connectivity index (χ4n) is 1.31. The Kier molecular flexibility index (Phi) is 3.57. The molecule has 0 bridgehead atoms. The zero-order valence-electron chi connectivity index (χ0n) is 8.77. The van der Waals surface area contributed by atoms with Gasteiger partial charge in [0.25, 0.3) is 5.91 Å². The molecule has 10 heteroatoms. The number of amides is 3. The molecule has 18 heavy (non-hydrogen) atoms.